The van der Waals surface area contributed by atoms with Gasteiger partial charge in [0.15, 0.2) is 5.65 Å². The number of nitrogens with zero attached hydrogens (tertiary/aromatic N) is 5. The Kier molecular flexibility index (Phi) is 7.86. The Morgan fingerprint density at radius 1 is 0.864 bits per heavy atom. The number of hydrogen-bond donors (Lipinski definition) is 1. The molecule has 6 aromatic rings. The zero-order valence-corrected chi connectivity index (χ0v) is 25.5. The number of rotatable bonds is 9. The van der Waals surface area contributed by atoms with Gasteiger partial charge in [-0.05, 0) is 62.0 Å². The molecule has 1 N–H and O–H groups in total. The molecule has 3 aromatic carbocycles. The first-order chi connectivity index (χ1) is 21.2. The lowest BCUT2D eigenvalue weighted by Crippen LogP contribution is -2.13. The molecule has 3 aromatic heterocycles. The smallest absolute Gasteiger partial charge is 0.269 e. The Labute approximate surface area is 256 Å². The Hall–Kier alpha value is -5.06. The fourth-order valence-electron chi connectivity index (χ4n) is 5.09. The lowest BCUT2D eigenvalue weighted by Gasteiger charge is -2.11. The van der Waals surface area contributed by atoms with Gasteiger partial charge in [0.25, 0.3) is 15.9 Å². The summed E-state index contributed by atoms with van der Waals surface area (Å²) in [4.78, 5) is 20.3. The van der Waals surface area contributed by atoms with Gasteiger partial charge in [-0.15, -0.1) is 0 Å². The molecule has 0 radical (unpaired) electrons. The van der Waals surface area contributed by atoms with Crippen LogP contribution in [0.3, 0.4) is 0 Å². The van der Waals surface area contributed by atoms with Crippen molar-refractivity contribution in [1.29, 1.82) is 0 Å². The number of amides is 1. The van der Waals surface area contributed by atoms with Crippen LogP contribution in [0.15, 0.2) is 115 Å². The topological polar surface area (TPSA) is 102 Å². The van der Waals surface area contributed by atoms with Crippen molar-refractivity contribution in [2.24, 2.45) is 0 Å². The number of aromatic nitrogens is 4. The maximum Gasteiger partial charge on any atom is 0.269 e. The van der Waals surface area contributed by atoms with E-state index < -0.39 is 15.9 Å². The number of benzene rings is 3. The highest BCUT2D eigenvalue weighted by Crippen LogP contribution is 2.32. The second-order valence-corrected chi connectivity index (χ2v) is 12.9. The van der Waals surface area contributed by atoms with Crippen molar-refractivity contribution in [3.8, 4) is 11.1 Å². The molecule has 0 unspecified atom stereocenters. The first-order valence-electron chi connectivity index (χ1n) is 14.1. The Morgan fingerprint density at radius 2 is 1.61 bits per heavy atom. The van der Waals surface area contributed by atoms with Crippen LogP contribution in [-0.2, 0) is 23.1 Å². The SMILES string of the molecule is Cc1ccc(S(=O)(=O)n2cc(NC(=O)c3cnn(Cc4ccccc4)c3)c3cc(-c4cccc(CN(C)C)c4)cnc32)cc1. The second kappa shape index (κ2) is 11.9. The van der Waals surface area contributed by atoms with Crippen molar-refractivity contribution in [3.63, 3.8) is 0 Å². The largest absolute Gasteiger partial charge is 0.320 e. The van der Waals surface area contributed by atoms with Crippen LogP contribution < -0.4 is 5.32 Å². The molecule has 6 rings (SSSR count). The van der Waals surface area contributed by atoms with E-state index in [9.17, 15) is 13.2 Å². The van der Waals surface area contributed by atoms with E-state index in [1.807, 2.05) is 69.6 Å². The maximum atomic E-state index is 13.8. The Balaban J connectivity index is 1.40. The molecule has 0 aliphatic heterocycles. The van der Waals surface area contributed by atoms with Crippen LogP contribution in [0.25, 0.3) is 22.2 Å². The van der Waals surface area contributed by atoms with E-state index in [-0.39, 0.29) is 10.5 Å². The molecule has 3 heterocycles. The first-order valence-corrected chi connectivity index (χ1v) is 15.6. The molecule has 0 fully saturated rings. The summed E-state index contributed by atoms with van der Waals surface area (Å²) in [5.74, 6) is -0.408. The van der Waals surface area contributed by atoms with Gasteiger partial charge < -0.3 is 10.2 Å². The van der Waals surface area contributed by atoms with Gasteiger partial charge in [-0.25, -0.2) is 17.4 Å². The molecule has 222 valence electrons. The number of nitrogens with one attached hydrogen (secondary N) is 1. The minimum atomic E-state index is -4.01. The molecule has 10 heteroatoms. The summed E-state index contributed by atoms with van der Waals surface area (Å²) in [6.07, 6.45) is 6.26. The molecule has 44 heavy (non-hydrogen) atoms. The quantitative estimate of drug-likeness (QED) is 0.224. The predicted molar refractivity (Wildman–Crippen MR) is 172 cm³/mol. The van der Waals surface area contributed by atoms with Crippen LogP contribution in [0.4, 0.5) is 5.69 Å². The molecular formula is C34H32N6O3S. The van der Waals surface area contributed by atoms with Gasteiger partial charge in [-0.1, -0.05) is 66.2 Å². The van der Waals surface area contributed by atoms with Gasteiger partial charge in [0.1, 0.15) is 0 Å². The summed E-state index contributed by atoms with van der Waals surface area (Å²) >= 11 is 0. The monoisotopic (exact) mass is 604 g/mol. The normalized spacial score (nSPS) is 11.7. The highest BCUT2D eigenvalue weighted by atomic mass is 32.2. The zero-order valence-electron chi connectivity index (χ0n) is 24.7. The van der Waals surface area contributed by atoms with E-state index in [2.05, 4.69) is 32.4 Å². The summed E-state index contributed by atoms with van der Waals surface area (Å²) in [6.45, 7) is 3.18. The number of carbonyl (C=O) groups is 1. The number of carbonyl (C=O) groups excluding carboxylic acids is 1. The van der Waals surface area contributed by atoms with Gasteiger partial charge in [-0.2, -0.15) is 5.10 Å². The Bertz CT molecular complexity index is 2060. The van der Waals surface area contributed by atoms with Gasteiger partial charge in [0.05, 0.1) is 28.9 Å². The summed E-state index contributed by atoms with van der Waals surface area (Å²) < 4.78 is 30.4. The molecule has 0 atom stereocenters. The van der Waals surface area contributed by atoms with Crippen molar-refractivity contribution in [2.75, 3.05) is 19.4 Å². The lowest BCUT2D eigenvalue weighted by molar-refractivity contribution is 0.102. The fraction of sp³-hybridized carbons (Fsp3) is 0.147. The van der Waals surface area contributed by atoms with Crippen molar-refractivity contribution >= 4 is 32.7 Å². The molecule has 1 amide bonds. The van der Waals surface area contributed by atoms with Crippen molar-refractivity contribution < 1.29 is 13.2 Å². The molecule has 0 spiro atoms. The average Bonchev–Trinajstić information content (AvgIpc) is 3.63. The molecule has 9 nitrogen and oxygen atoms in total. The second-order valence-electron chi connectivity index (χ2n) is 11.1. The van der Waals surface area contributed by atoms with Crippen molar-refractivity contribution in [1.82, 2.24) is 23.6 Å². The van der Waals surface area contributed by atoms with E-state index in [4.69, 9.17) is 0 Å². The van der Waals surface area contributed by atoms with Gasteiger partial charge in [0, 0.05) is 36.1 Å². The van der Waals surface area contributed by atoms with E-state index in [0.717, 1.165) is 38.3 Å². The average molecular weight is 605 g/mol. The molecule has 0 bridgehead atoms. The van der Waals surface area contributed by atoms with Crippen LogP contribution in [0.5, 0.6) is 0 Å². The van der Waals surface area contributed by atoms with E-state index in [1.54, 1.807) is 41.3 Å². The maximum absolute atomic E-state index is 13.8. The van der Waals surface area contributed by atoms with Gasteiger partial charge in [-0.3, -0.25) is 9.48 Å². The zero-order chi connectivity index (χ0) is 30.8. The van der Waals surface area contributed by atoms with Crippen LogP contribution in [0.1, 0.15) is 27.0 Å². The highest BCUT2D eigenvalue weighted by molar-refractivity contribution is 7.90. The van der Waals surface area contributed by atoms with Crippen LogP contribution in [0, 0.1) is 6.92 Å². The lowest BCUT2D eigenvalue weighted by atomic mass is 10.0. The minimum Gasteiger partial charge on any atom is -0.320 e. The number of aryl methyl sites for hydroxylation is 1. The minimum absolute atomic E-state index is 0.127. The first kappa shape index (κ1) is 29.0. The summed E-state index contributed by atoms with van der Waals surface area (Å²) in [5.41, 5.74) is 5.77. The van der Waals surface area contributed by atoms with Gasteiger partial charge in [0.2, 0.25) is 0 Å². The van der Waals surface area contributed by atoms with Crippen LogP contribution >= 0.6 is 0 Å². The molecule has 0 aliphatic carbocycles. The fourth-order valence-corrected chi connectivity index (χ4v) is 6.41. The molecule has 0 saturated carbocycles. The van der Waals surface area contributed by atoms with Crippen molar-refractivity contribution in [2.45, 2.75) is 24.9 Å². The van der Waals surface area contributed by atoms with Crippen LogP contribution in [-0.4, -0.2) is 52.1 Å². The molecule has 0 aliphatic rings. The van der Waals surface area contributed by atoms with E-state index in [1.165, 1.54) is 12.4 Å². The van der Waals surface area contributed by atoms with E-state index in [0.29, 0.717) is 23.2 Å². The van der Waals surface area contributed by atoms with Crippen molar-refractivity contribution in [3.05, 3.63) is 132 Å². The van der Waals surface area contributed by atoms with Crippen LogP contribution in [0.2, 0.25) is 0 Å². The number of fused-ring (bicyclic) bond motifs is 1. The summed E-state index contributed by atoms with van der Waals surface area (Å²) in [6, 6.07) is 26.5. The third-order valence-electron chi connectivity index (χ3n) is 7.28. The standard InChI is InChI=1S/C34H32N6O3S/c1-24-12-14-30(15-13-24)44(42,43)40-23-32(37-34(41)29-19-36-39(22-29)21-25-8-5-4-6-9-25)31-17-28(18-35-33(31)40)27-11-7-10-26(16-27)20-38(2)3/h4-19,22-23H,20-21H2,1-3H3,(H,37,41). The predicted octanol–water partition coefficient (Wildman–Crippen LogP) is 5.81. The summed E-state index contributed by atoms with van der Waals surface area (Å²) in [5, 5.41) is 7.77. The number of anilines is 1. The summed E-state index contributed by atoms with van der Waals surface area (Å²) in [7, 11) is 0.0143. The number of hydrogen-bond acceptors (Lipinski definition) is 6. The van der Waals surface area contributed by atoms with E-state index >= 15 is 0 Å². The number of pyridine rings is 1. The third-order valence-corrected chi connectivity index (χ3v) is 8.94. The molecular weight excluding hydrogens is 572 g/mol. The highest BCUT2D eigenvalue weighted by Gasteiger charge is 2.24. The Morgan fingerprint density at radius 3 is 2.36 bits per heavy atom. The third kappa shape index (κ3) is 6.03. The van der Waals surface area contributed by atoms with Gasteiger partial charge >= 0.3 is 0 Å². The molecule has 0 saturated heterocycles.